The second kappa shape index (κ2) is 7.34. The highest BCUT2D eigenvalue weighted by atomic mass is 35.5. The summed E-state index contributed by atoms with van der Waals surface area (Å²) >= 11 is 7.48. The Bertz CT molecular complexity index is 1200. The van der Waals surface area contributed by atoms with Crippen LogP contribution >= 0.6 is 22.9 Å². The van der Waals surface area contributed by atoms with E-state index in [0.29, 0.717) is 15.8 Å². The molecule has 0 fully saturated rings. The number of anilines is 3. The van der Waals surface area contributed by atoms with Crippen LogP contribution in [0.15, 0.2) is 29.8 Å². The minimum atomic E-state index is -1.46. The molecule has 9 heteroatoms. The molecule has 0 bridgehead atoms. The van der Waals surface area contributed by atoms with E-state index < -0.39 is 5.60 Å². The molecule has 0 radical (unpaired) electrons. The number of nitrogens with zero attached hydrogens (tertiary/aromatic N) is 5. The van der Waals surface area contributed by atoms with Gasteiger partial charge in [-0.15, -0.1) is 11.3 Å². The van der Waals surface area contributed by atoms with Crippen molar-refractivity contribution in [3.8, 4) is 17.9 Å². The minimum Gasteiger partial charge on any atom is -0.371 e. The van der Waals surface area contributed by atoms with Crippen molar-refractivity contribution in [2.45, 2.75) is 18.9 Å². The number of rotatable bonds is 2. The molecule has 1 atom stereocenters. The lowest BCUT2D eigenvalue weighted by molar-refractivity contribution is 0.121. The summed E-state index contributed by atoms with van der Waals surface area (Å²) in [6, 6.07) is 7.80. The molecule has 0 saturated carbocycles. The lowest BCUT2D eigenvalue weighted by atomic mass is 10.1. The number of nitriles is 1. The van der Waals surface area contributed by atoms with E-state index in [1.807, 2.05) is 29.2 Å². The molecule has 1 aliphatic heterocycles. The van der Waals surface area contributed by atoms with Crippen LogP contribution in [0.2, 0.25) is 5.02 Å². The second-order valence-corrected chi connectivity index (χ2v) is 7.88. The number of hydrogen-bond acceptors (Lipinski definition) is 8. The summed E-state index contributed by atoms with van der Waals surface area (Å²) in [7, 11) is 0. The van der Waals surface area contributed by atoms with Crippen LogP contribution in [0.25, 0.3) is 0 Å². The summed E-state index contributed by atoms with van der Waals surface area (Å²) in [6.45, 7) is 2.28. The van der Waals surface area contributed by atoms with E-state index in [0.717, 1.165) is 29.8 Å². The number of nitrogen functional groups attached to an aromatic ring is 1. The molecule has 7 nitrogen and oxygen atoms in total. The smallest absolute Gasteiger partial charge is 0.222 e. The molecule has 0 amide bonds. The Balaban J connectivity index is 1.67. The van der Waals surface area contributed by atoms with Gasteiger partial charge < -0.3 is 15.7 Å². The van der Waals surface area contributed by atoms with Gasteiger partial charge in [0.15, 0.2) is 17.1 Å². The summed E-state index contributed by atoms with van der Waals surface area (Å²) in [4.78, 5) is 14.3. The molecule has 144 valence electrons. The third-order valence-corrected chi connectivity index (χ3v) is 5.79. The molecule has 2 aromatic heterocycles. The third-order valence-electron chi connectivity index (χ3n) is 4.47. The SMILES string of the molecule is CC(O)(C#Cc1ccc2c(c1)N(c1nc(N)ncc1Cl)CC2)c1nc(C#N)cs1. The van der Waals surface area contributed by atoms with Gasteiger partial charge in [-0.25, -0.2) is 9.97 Å². The Morgan fingerprint density at radius 1 is 1.38 bits per heavy atom. The Kier molecular flexibility index (Phi) is 4.85. The predicted octanol–water partition coefficient (Wildman–Crippen LogP) is 2.99. The molecular weight excluding hydrogens is 408 g/mol. The van der Waals surface area contributed by atoms with Crippen molar-refractivity contribution in [3.05, 3.63) is 56.6 Å². The maximum atomic E-state index is 10.7. The topological polar surface area (TPSA) is 112 Å². The molecule has 1 unspecified atom stereocenters. The number of benzene rings is 1. The van der Waals surface area contributed by atoms with E-state index in [-0.39, 0.29) is 11.6 Å². The number of aromatic nitrogens is 3. The molecule has 3 heterocycles. The number of thiazole rings is 1. The van der Waals surface area contributed by atoms with E-state index in [2.05, 4.69) is 26.8 Å². The minimum absolute atomic E-state index is 0.157. The van der Waals surface area contributed by atoms with E-state index in [9.17, 15) is 5.11 Å². The number of aliphatic hydroxyl groups is 1. The van der Waals surface area contributed by atoms with Crippen LogP contribution in [-0.4, -0.2) is 26.6 Å². The van der Waals surface area contributed by atoms with Crippen molar-refractivity contribution in [1.29, 1.82) is 5.26 Å². The van der Waals surface area contributed by atoms with Crippen LogP contribution in [0.3, 0.4) is 0 Å². The first-order valence-electron chi connectivity index (χ1n) is 8.67. The van der Waals surface area contributed by atoms with Crippen LogP contribution in [0.5, 0.6) is 0 Å². The predicted molar refractivity (Wildman–Crippen MR) is 112 cm³/mol. The van der Waals surface area contributed by atoms with E-state index in [1.165, 1.54) is 17.5 Å². The molecule has 1 aliphatic rings. The van der Waals surface area contributed by atoms with E-state index in [1.54, 1.807) is 12.3 Å². The third kappa shape index (κ3) is 3.74. The van der Waals surface area contributed by atoms with Gasteiger partial charge in [-0.3, -0.25) is 0 Å². The molecule has 3 N–H and O–H groups in total. The van der Waals surface area contributed by atoms with Crippen LogP contribution < -0.4 is 10.6 Å². The van der Waals surface area contributed by atoms with Gasteiger partial charge in [0, 0.05) is 23.2 Å². The van der Waals surface area contributed by atoms with Crippen molar-refractivity contribution in [2.75, 3.05) is 17.2 Å². The van der Waals surface area contributed by atoms with Crippen molar-refractivity contribution in [3.63, 3.8) is 0 Å². The van der Waals surface area contributed by atoms with Crippen molar-refractivity contribution < 1.29 is 5.11 Å². The number of halogens is 1. The van der Waals surface area contributed by atoms with Crippen molar-refractivity contribution >= 4 is 40.4 Å². The second-order valence-electron chi connectivity index (χ2n) is 6.62. The largest absolute Gasteiger partial charge is 0.371 e. The fourth-order valence-electron chi connectivity index (χ4n) is 3.03. The fourth-order valence-corrected chi connectivity index (χ4v) is 3.99. The normalized spacial score (nSPS) is 14.5. The highest BCUT2D eigenvalue weighted by Crippen LogP contribution is 2.37. The van der Waals surface area contributed by atoms with E-state index in [4.69, 9.17) is 22.6 Å². The van der Waals surface area contributed by atoms with Gasteiger partial charge >= 0.3 is 0 Å². The Morgan fingerprint density at radius 2 is 2.21 bits per heavy atom. The zero-order chi connectivity index (χ0) is 20.6. The monoisotopic (exact) mass is 422 g/mol. The molecule has 29 heavy (non-hydrogen) atoms. The van der Waals surface area contributed by atoms with Crippen LogP contribution in [-0.2, 0) is 12.0 Å². The first kappa shape index (κ1) is 19.2. The van der Waals surface area contributed by atoms with Gasteiger partial charge in [0.05, 0.1) is 6.20 Å². The summed E-state index contributed by atoms with van der Waals surface area (Å²) in [5.74, 6) is 6.57. The lowest BCUT2D eigenvalue weighted by Crippen LogP contribution is -2.18. The molecule has 1 aromatic carbocycles. The van der Waals surface area contributed by atoms with Gasteiger partial charge in [0.25, 0.3) is 0 Å². The summed E-state index contributed by atoms with van der Waals surface area (Å²) in [6.07, 6.45) is 2.33. The number of fused-ring (bicyclic) bond motifs is 1. The summed E-state index contributed by atoms with van der Waals surface area (Å²) in [5.41, 5.74) is 7.35. The molecule has 4 rings (SSSR count). The Hall–Kier alpha value is -3.17. The maximum Gasteiger partial charge on any atom is 0.222 e. The number of hydrogen-bond donors (Lipinski definition) is 2. The van der Waals surface area contributed by atoms with Gasteiger partial charge in [0.2, 0.25) is 5.95 Å². The average Bonchev–Trinajstić information content (AvgIpc) is 3.35. The highest BCUT2D eigenvalue weighted by Gasteiger charge is 2.26. The maximum absolute atomic E-state index is 10.7. The Morgan fingerprint density at radius 3 is 2.97 bits per heavy atom. The van der Waals surface area contributed by atoms with Crippen LogP contribution in [0, 0.1) is 23.2 Å². The van der Waals surface area contributed by atoms with Gasteiger partial charge in [0.1, 0.15) is 16.1 Å². The molecular formula is C20H15ClN6OS. The van der Waals surface area contributed by atoms with Gasteiger partial charge in [-0.05, 0) is 31.0 Å². The molecule has 0 saturated heterocycles. The van der Waals surface area contributed by atoms with E-state index >= 15 is 0 Å². The van der Waals surface area contributed by atoms with Crippen molar-refractivity contribution in [1.82, 2.24) is 15.0 Å². The molecule has 0 aliphatic carbocycles. The zero-order valence-electron chi connectivity index (χ0n) is 15.3. The van der Waals surface area contributed by atoms with Gasteiger partial charge in [-0.1, -0.05) is 29.5 Å². The molecule has 0 spiro atoms. The fraction of sp³-hybridized carbons (Fsp3) is 0.200. The standard InChI is InChI=1S/C20H15ClN6OS/c1-20(28,18-25-14(9-22)11-29-18)6-4-12-2-3-13-5-7-27(16(13)8-12)17-15(21)10-24-19(23)26-17/h2-3,8,10-11,28H,5,7H2,1H3,(H2,23,24,26). The van der Waals surface area contributed by atoms with Gasteiger partial charge in [-0.2, -0.15) is 10.2 Å². The first-order valence-corrected chi connectivity index (χ1v) is 9.93. The summed E-state index contributed by atoms with van der Waals surface area (Å²) < 4.78 is 0. The zero-order valence-corrected chi connectivity index (χ0v) is 16.9. The molecule has 3 aromatic rings. The average molecular weight is 423 g/mol. The van der Waals surface area contributed by atoms with Crippen LogP contribution in [0.1, 0.15) is 28.8 Å². The number of nitrogens with two attached hydrogens (primary N) is 1. The first-order chi connectivity index (χ1) is 13.9. The quantitative estimate of drug-likeness (QED) is 0.610. The lowest BCUT2D eigenvalue weighted by Gasteiger charge is -2.19. The van der Waals surface area contributed by atoms with Crippen LogP contribution in [0.4, 0.5) is 17.5 Å². The Labute approximate surface area is 176 Å². The van der Waals surface area contributed by atoms with Crippen molar-refractivity contribution in [2.24, 2.45) is 0 Å². The summed E-state index contributed by atoms with van der Waals surface area (Å²) in [5, 5.41) is 22.0. The highest BCUT2D eigenvalue weighted by molar-refractivity contribution is 7.09.